The van der Waals surface area contributed by atoms with Crippen LogP contribution in [-0.2, 0) is 33.8 Å². The Balaban J connectivity index is 1.79. The van der Waals surface area contributed by atoms with Gasteiger partial charge in [0.15, 0.2) is 0 Å². The summed E-state index contributed by atoms with van der Waals surface area (Å²) in [6.07, 6.45) is 6.64. The summed E-state index contributed by atoms with van der Waals surface area (Å²) in [4.78, 5) is 47.6. The highest BCUT2D eigenvalue weighted by Gasteiger charge is 2.39. The molecule has 0 spiro atoms. The second-order valence-corrected chi connectivity index (χ2v) is 10.1. The van der Waals surface area contributed by atoms with E-state index in [0.717, 1.165) is 16.8 Å². The van der Waals surface area contributed by atoms with Gasteiger partial charge >= 0.3 is 5.97 Å². The van der Waals surface area contributed by atoms with Crippen LogP contribution in [0.1, 0.15) is 37.1 Å². The average Bonchev–Trinajstić information content (AvgIpc) is 3.36. The van der Waals surface area contributed by atoms with Crippen LogP contribution in [0, 0.1) is 5.92 Å². The molecule has 3 atom stereocenters. The second-order valence-electron chi connectivity index (χ2n) is 9.14. The molecule has 4 N–H and O–H groups in total. The van der Waals surface area contributed by atoms with Crippen LogP contribution in [0.4, 0.5) is 0 Å². The van der Waals surface area contributed by atoms with Gasteiger partial charge in [-0.3, -0.25) is 9.59 Å². The lowest BCUT2D eigenvalue weighted by Crippen LogP contribution is -2.59. The first-order valence-electron chi connectivity index (χ1n) is 11.9. The van der Waals surface area contributed by atoms with E-state index in [-0.39, 0.29) is 11.8 Å². The molecule has 9 nitrogen and oxygen atoms in total. The number of H-pyrrole nitrogens is 1. The topological polar surface area (TPSA) is 127 Å². The zero-order valence-electron chi connectivity index (χ0n) is 20.5. The van der Waals surface area contributed by atoms with E-state index in [1.54, 1.807) is 17.4 Å². The van der Waals surface area contributed by atoms with Crippen LogP contribution >= 0.6 is 11.8 Å². The van der Waals surface area contributed by atoms with Crippen LogP contribution in [0.25, 0.3) is 0 Å². The van der Waals surface area contributed by atoms with Crippen LogP contribution in [-0.4, -0.2) is 74.4 Å². The maximum atomic E-state index is 13.8. The summed E-state index contributed by atoms with van der Waals surface area (Å²) < 4.78 is 0. The maximum Gasteiger partial charge on any atom is 0.326 e. The maximum absolute atomic E-state index is 13.8. The van der Waals surface area contributed by atoms with Crippen LogP contribution in [0.15, 0.2) is 36.8 Å². The van der Waals surface area contributed by atoms with Crippen LogP contribution in [0.5, 0.6) is 0 Å². The molecule has 0 saturated heterocycles. The molecule has 0 saturated carbocycles. The molecule has 1 aliphatic heterocycles. The second kappa shape index (κ2) is 12.7. The van der Waals surface area contributed by atoms with E-state index in [2.05, 4.69) is 20.6 Å². The van der Waals surface area contributed by atoms with Crippen molar-refractivity contribution in [1.82, 2.24) is 25.5 Å². The molecule has 1 aliphatic rings. The predicted molar refractivity (Wildman–Crippen MR) is 136 cm³/mol. The molecule has 1 aromatic carbocycles. The summed E-state index contributed by atoms with van der Waals surface area (Å²) in [6.45, 7) is 4.83. The third-order valence-corrected chi connectivity index (χ3v) is 6.95. The Hall–Kier alpha value is -2.85. The first kappa shape index (κ1) is 26.7. The zero-order chi connectivity index (χ0) is 25.4. The minimum absolute atomic E-state index is 0.00139. The van der Waals surface area contributed by atoms with Crippen LogP contribution < -0.4 is 10.6 Å². The van der Waals surface area contributed by atoms with Crippen molar-refractivity contribution in [3.63, 3.8) is 0 Å². The van der Waals surface area contributed by atoms with Crippen molar-refractivity contribution in [3.8, 4) is 0 Å². The van der Waals surface area contributed by atoms with Gasteiger partial charge in [0, 0.05) is 37.8 Å². The van der Waals surface area contributed by atoms with E-state index >= 15 is 0 Å². The molecule has 2 aromatic rings. The number of aromatic amines is 1. The van der Waals surface area contributed by atoms with E-state index in [4.69, 9.17) is 0 Å². The van der Waals surface area contributed by atoms with Gasteiger partial charge in [-0.15, -0.1) is 0 Å². The first-order chi connectivity index (χ1) is 16.8. The Morgan fingerprint density at radius 1 is 1.26 bits per heavy atom. The molecule has 0 aliphatic carbocycles. The number of carbonyl (C=O) groups is 3. The summed E-state index contributed by atoms with van der Waals surface area (Å²) in [7, 11) is 0. The number of rotatable bonds is 12. The predicted octanol–water partition coefficient (Wildman–Crippen LogP) is 1.84. The fourth-order valence-corrected chi connectivity index (χ4v) is 4.79. The molecule has 0 unspecified atom stereocenters. The van der Waals surface area contributed by atoms with Crippen molar-refractivity contribution in [1.29, 1.82) is 0 Å². The Kier molecular flexibility index (Phi) is 9.73. The van der Waals surface area contributed by atoms with Crippen LogP contribution in [0.2, 0.25) is 0 Å². The largest absolute Gasteiger partial charge is 0.480 e. The third kappa shape index (κ3) is 7.08. The van der Waals surface area contributed by atoms with E-state index in [1.807, 2.05) is 44.4 Å². The fourth-order valence-electron chi connectivity index (χ4n) is 4.32. The quantitative estimate of drug-likeness (QED) is 0.349. The van der Waals surface area contributed by atoms with Gasteiger partial charge in [-0.05, 0) is 35.5 Å². The molecule has 1 aromatic heterocycles. The highest BCUT2D eigenvalue weighted by atomic mass is 32.2. The number of thioether (sulfide) groups is 1. The molecule has 0 fully saturated rings. The number of benzene rings is 1. The number of imidazole rings is 1. The highest BCUT2D eigenvalue weighted by molar-refractivity contribution is 7.98. The monoisotopic (exact) mass is 501 g/mol. The average molecular weight is 502 g/mol. The molecule has 0 radical (unpaired) electrons. The summed E-state index contributed by atoms with van der Waals surface area (Å²) >= 11 is 1.53. The van der Waals surface area contributed by atoms with Gasteiger partial charge in [0.05, 0.1) is 12.4 Å². The van der Waals surface area contributed by atoms with E-state index in [0.29, 0.717) is 38.1 Å². The number of fused-ring (bicyclic) bond motifs is 1. The number of carboxylic acids is 1. The first-order valence-corrected chi connectivity index (χ1v) is 13.3. The number of carboxylic acid groups (broad SMARTS) is 1. The van der Waals surface area contributed by atoms with E-state index in [9.17, 15) is 19.5 Å². The third-order valence-electron chi connectivity index (χ3n) is 6.31. The summed E-state index contributed by atoms with van der Waals surface area (Å²) in [5.74, 6) is -1.04. The Morgan fingerprint density at radius 2 is 2.00 bits per heavy atom. The lowest BCUT2D eigenvalue weighted by Gasteiger charge is -2.39. The van der Waals surface area contributed by atoms with Gasteiger partial charge in [-0.25, -0.2) is 9.78 Å². The van der Waals surface area contributed by atoms with Crippen molar-refractivity contribution in [2.45, 2.75) is 57.8 Å². The van der Waals surface area contributed by atoms with E-state index < -0.39 is 30.0 Å². The fraction of sp³-hybridized carbons (Fsp3) is 0.520. The molecule has 0 bridgehead atoms. The lowest BCUT2D eigenvalue weighted by atomic mass is 9.91. The molecule has 2 amide bonds. The minimum Gasteiger partial charge on any atom is -0.480 e. The molecule has 2 heterocycles. The van der Waals surface area contributed by atoms with Crippen molar-refractivity contribution >= 4 is 29.5 Å². The number of hydrogen-bond acceptors (Lipinski definition) is 6. The normalized spacial score (nSPS) is 17.0. The lowest BCUT2D eigenvalue weighted by molar-refractivity contribution is -0.146. The summed E-state index contributed by atoms with van der Waals surface area (Å²) in [6, 6.07) is 5.53. The van der Waals surface area contributed by atoms with Gasteiger partial charge in [0.2, 0.25) is 11.8 Å². The molecule has 190 valence electrons. The number of nitrogens with zero attached hydrogens (tertiary/aromatic N) is 2. The zero-order valence-corrected chi connectivity index (χ0v) is 21.3. The van der Waals surface area contributed by atoms with Gasteiger partial charge < -0.3 is 25.6 Å². The number of amides is 2. The summed E-state index contributed by atoms with van der Waals surface area (Å²) in [5, 5.41) is 15.6. The number of aromatic nitrogens is 2. The number of hydrogen-bond donors (Lipinski definition) is 4. The Morgan fingerprint density at radius 3 is 2.63 bits per heavy atom. The summed E-state index contributed by atoms with van der Waals surface area (Å²) in [5.41, 5.74) is 2.98. The van der Waals surface area contributed by atoms with Crippen molar-refractivity contribution < 1.29 is 19.5 Å². The highest BCUT2D eigenvalue weighted by Crippen LogP contribution is 2.25. The Bertz CT molecular complexity index is 998. The van der Waals surface area contributed by atoms with Gasteiger partial charge in [0.1, 0.15) is 12.1 Å². The smallest absolute Gasteiger partial charge is 0.326 e. The van der Waals surface area contributed by atoms with Crippen molar-refractivity contribution in [2.24, 2.45) is 5.92 Å². The van der Waals surface area contributed by atoms with E-state index in [1.165, 1.54) is 11.8 Å². The molecule has 35 heavy (non-hydrogen) atoms. The number of nitrogens with one attached hydrogen (secondary N) is 3. The molecular weight excluding hydrogens is 466 g/mol. The van der Waals surface area contributed by atoms with Gasteiger partial charge in [-0.1, -0.05) is 38.1 Å². The molecule has 3 rings (SSSR count). The van der Waals surface area contributed by atoms with Gasteiger partial charge in [-0.2, -0.15) is 11.8 Å². The molecular formula is C25H35N5O4S. The number of carbonyl (C=O) groups excluding carboxylic acids is 2. The molecule has 10 heteroatoms. The van der Waals surface area contributed by atoms with Crippen molar-refractivity contribution in [3.05, 3.63) is 53.6 Å². The standard InChI is InChI=1S/C25H35N5O4S/c1-16(2)22(27-10-8-19-13-26-15-28-19)24(32)30-14-18-7-5-4-6-17(18)12-21(30)23(31)29-20(25(33)34)9-11-35-3/h4-7,13,15-16,20-22,27H,8-12,14H2,1-3H3,(H,26,28)(H,29,31)(H,33,34)/t20-,21-,22-/m0/s1. The van der Waals surface area contributed by atoms with Crippen LogP contribution in [0.3, 0.4) is 0 Å². The number of aliphatic carboxylic acids is 1. The van der Waals surface area contributed by atoms with Gasteiger partial charge in [0.25, 0.3) is 0 Å². The SMILES string of the molecule is CSCC[C@H](NC(=O)[C@@H]1Cc2ccccc2CN1C(=O)[C@@H](NCCc1cnc[nH]1)C(C)C)C(=O)O. The Labute approximate surface area is 210 Å². The minimum atomic E-state index is -1.07. The van der Waals surface area contributed by atoms with Crippen molar-refractivity contribution in [2.75, 3.05) is 18.6 Å².